The largest absolute Gasteiger partial charge is 0.496 e. The van der Waals surface area contributed by atoms with Crippen molar-refractivity contribution < 1.29 is 23.5 Å². The van der Waals surface area contributed by atoms with Crippen LogP contribution in [0.15, 0.2) is 82.3 Å². The SMILES string of the molecule is COC(=O)c1ccccc1-c1ccc(C=NNC(=O)c2cc3ccccc3cc2OC)o1. The van der Waals surface area contributed by atoms with E-state index in [1.54, 1.807) is 42.5 Å². The second-order valence-corrected chi connectivity index (χ2v) is 6.84. The molecule has 1 amide bonds. The number of nitrogens with zero attached hydrogens (tertiary/aromatic N) is 1. The molecule has 7 nitrogen and oxygen atoms in total. The number of carbonyl (C=O) groups is 2. The molecule has 1 aromatic heterocycles. The number of nitrogens with one attached hydrogen (secondary N) is 1. The van der Waals surface area contributed by atoms with Gasteiger partial charge in [0.25, 0.3) is 5.91 Å². The van der Waals surface area contributed by atoms with Gasteiger partial charge >= 0.3 is 5.97 Å². The van der Waals surface area contributed by atoms with E-state index in [0.29, 0.717) is 34.0 Å². The van der Waals surface area contributed by atoms with Gasteiger partial charge in [-0.3, -0.25) is 4.79 Å². The van der Waals surface area contributed by atoms with Gasteiger partial charge in [0.2, 0.25) is 0 Å². The molecule has 0 aliphatic heterocycles. The van der Waals surface area contributed by atoms with E-state index in [1.807, 2.05) is 30.3 Å². The summed E-state index contributed by atoms with van der Waals surface area (Å²) in [6.45, 7) is 0. The number of carbonyl (C=O) groups excluding carboxylic acids is 2. The minimum Gasteiger partial charge on any atom is -0.496 e. The first-order valence-corrected chi connectivity index (χ1v) is 9.78. The van der Waals surface area contributed by atoms with Gasteiger partial charge in [-0.05, 0) is 41.1 Å². The second kappa shape index (κ2) is 9.18. The Bertz CT molecular complexity index is 1320. The molecule has 32 heavy (non-hydrogen) atoms. The number of hydrazone groups is 1. The highest BCUT2D eigenvalue weighted by atomic mass is 16.5. The van der Waals surface area contributed by atoms with Crippen molar-refractivity contribution in [2.24, 2.45) is 5.10 Å². The number of hydrogen-bond donors (Lipinski definition) is 1. The maximum atomic E-state index is 12.7. The summed E-state index contributed by atoms with van der Waals surface area (Å²) in [6, 6.07) is 21.7. The van der Waals surface area contributed by atoms with Crippen LogP contribution in [-0.4, -0.2) is 32.3 Å². The number of esters is 1. The molecule has 0 aliphatic carbocycles. The zero-order chi connectivity index (χ0) is 22.5. The van der Waals surface area contributed by atoms with Crippen molar-refractivity contribution in [3.05, 3.63) is 89.7 Å². The normalized spacial score (nSPS) is 10.9. The van der Waals surface area contributed by atoms with Crippen LogP contribution in [0.25, 0.3) is 22.1 Å². The van der Waals surface area contributed by atoms with E-state index < -0.39 is 11.9 Å². The van der Waals surface area contributed by atoms with E-state index >= 15 is 0 Å². The lowest BCUT2D eigenvalue weighted by atomic mass is 10.1. The maximum absolute atomic E-state index is 12.7. The molecule has 0 spiro atoms. The van der Waals surface area contributed by atoms with E-state index in [1.165, 1.54) is 20.4 Å². The van der Waals surface area contributed by atoms with Crippen LogP contribution in [0.3, 0.4) is 0 Å². The molecule has 7 heteroatoms. The van der Waals surface area contributed by atoms with Gasteiger partial charge in [0, 0.05) is 5.56 Å². The zero-order valence-electron chi connectivity index (χ0n) is 17.5. The van der Waals surface area contributed by atoms with Gasteiger partial charge in [-0.2, -0.15) is 5.10 Å². The van der Waals surface area contributed by atoms with Gasteiger partial charge in [0.05, 0.1) is 31.6 Å². The highest BCUT2D eigenvalue weighted by molar-refractivity contribution is 6.02. The maximum Gasteiger partial charge on any atom is 0.338 e. The summed E-state index contributed by atoms with van der Waals surface area (Å²) >= 11 is 0. The fourth-order valence-corrected chi connectivity index (χ4v) is 3.33. The standard InChI is InChI=1S/C25H20N2O5/c1-30-23-14-17-8-4-3-7-16(17)13-21(23)24(28)27-26-15-18-11-12-22(32-18)19-9-5-6-10-20(19)25(29)31-2/h3-15H,1-2H3,(H,27,28). The third-order valence-electron chi connectivity index (χ3n) is 4.89. The van der Waals surface area contributed by atoms with Gasteiger partial charge in [0.1, 0.15) is 17.3 Å². The van der Waals surface area contributed by atoms with Crippen molar-refractivity contribution in [3.8, 4) is 17.1 Å². The number of benzene rings is 3. The van der Waals surface area contributed by atoms with Crippen LogP contribution >= 0.6 is 0 Å². The van der Waals surface area contributed by atoms with E-state index in [0.717, 1.165) is 10.8 Å². The Morgan fingerprint density at radius 3 is 2.38 bits per heavy atom. The zero-order valence-corrected chi connectivity index (χ0v) is 17.5. The molecule has 1 heterocycles. The van der Waals surface area contributed by atoms with Crippen molar-refractivity contribution in [2.45, 2.75) is 0 Å². The fourth-order valence-electron chi connectivity index (χ4n) is 3.33. The van der Waals surface area contributed by atoms with Gasteiger partial charge in [-0.25, -0.2) is 10.2 Å². The number of hydrogen-bond acceptors (Lipinski definition) is 6. The summed E-state index contributed by atoms with van der Waals surface area (Å²) in [7, 11) is 2.84. The summed E-state index contributed by atoms with van der Waals surface area (Å²) < 4.78 is 15.9. The molecule has 1 N–H and O–H groups in total. The highest BCUT2D eigenvalue weighted by Crippen LogP contribution is 2.27. The molecule has 4 rings (SSSR count). The van der Waals surface area contributed by atoms with Crippen molar-refractivity contribution in [1.29, 1.82) is 0 Å². The van der Waals surface area contributed by atoms with Crippen molar-refractivity contribution in [2.75, 3.05) is 14.2 Å². The van der Waals surface area contributed by atoms with Crippen molar-refractivity contribution in [1.82, 2.24) is 5.43 Å². The average molecular weight is 428 g/mol. The number of methoxy groups -OCH3 is 2. The molecule has 3 aromatic carbocycles. The Morgan fingerprint density at radius 2 is 1.62 bits per heavy atom. The Kier molecular flexibility index (Phi) is 5.98. The molecule has 0 bridgehead atoms. The minimum absolute atomic E-state index is 0.371. The van der Waals surface area contributed by atoms with Gasteiger partial charge in [-0.15, -0.1) is 0 Å². The predicted octanol–water partition coefficient (Wildman–Crippen LogP) is 4.66. The van der Waals surface area contributed by atoms with Crippen LogP contribution in [-0.2, 0) is 4.74 Å². The molecule has 160 valence electrons. The predicted molar refractivity (Wildman–Crippen MR) is 121 cm³/mol. The summed E-state index contributed by atoms with van der Waals surface area (Å²) in [5, 5.41) is 5.88. The van der Waals surface area contributed by atoms with E-state index in [4.69, 9.17) is 13.9 Å². The second-order valence-electron chi connectivity index (χ2n) is 6.84. The topological polar surface area (TPSA) is 90.1 Å². The molecule has 0 fully saturated rings. The van der Waals surface area contributed by atoms with E-state index in [9.17, 15) is 9.59 Å². The third kappa shape index (κ3) is 4.22. The Labute approximate surface area is 184 Å². The molecule has 0 unspecified atom stereocenters. The van der Waals surface area contributed by atoms with Crippen LogP contribution in [0.5, 0.6) is 5.75 Å². The lowest BCUT2D eigenvalue weighted by molar-refractivity contribution is 0.0601. The smallest absolute Gasteiger partial charge is 0.338 e. The summed E-state index contributed by atoms with van der Waals surface area (Å²) in [5.74, 6) is 0.479. The molecule has 0 aliphatic rings. The summed E-state index contributed by atoms with van der Waals surface area (Å²) in [5.41, 5.74) is 3.86. The molecule has 4 aromatic rings. The first-order chi connectivity index (χ1) is 15.6. The van der Waals surface area contributed by atoms with Gasteiger partial charge in [-0.1, -0.05) is 42.5 Å². The molecule has 0 saturated heterocycles. The third-order valence-corrected chi connectivity index (χ3v) is 4.89. The molecule has 0 atom stereocenters. The number of rotatable bonds is 6. The van der Waals surface area contributed by atoms with E-state index in [2.05, 4.69) is 10.5 Å². The van der Waals surface area contributed by atoms with Crippen molar-refractivity contribution in [3.63, 3.8) is 0 Å². The van der Waals surface area contributed by atoms with Crippen LogP contribution < -0.4 is 10.2 Å². The van der Waals surface area contributed by atoms with Crippen molar-refractivity contribution >= 4 is 28.9 Å². The first kappa shape index (κ1) is 20.9. The molecule has 0 saturated carbocycles. The Balaban J connectivity index is 1.52. The molecule has 0 radical (unpaired) electrons. The van der Waals surface area contributed by atoms with E-state index in [-0.39, 0.29) is 0 Å². The first-order valence-electron chi connectivity index (χ1n) is 9.78. The molecular weight excluding hydrogens is 408 g/mol. The number of ether oxygens (including phenoxy) is 2. The Morgan fingerprint density at radius 1 is 0.906 bits per heavy atom. The summed E-state index contributed by atoms with van der Waals surface area (Å²) in [6.07, 6.45) is 1.38. The number of fused-ring (bicyclic) bond motifs is 1. The number of amides is 1. The van der Waals surface area contributed by atoms with Crippen LogP contribution in [0.2, 0.25) is 0 Å². The average Bonchev–Trinajstić information content (AvgIpc) is 3.31. The molecular formula is C25H20N2O5. The Hall–Kier alpha value is -4.39. The van der Waals surface area contributed by atoms with Crippen LogP contribution in [0.4, 0.5) is 0 Å². The van der Waals surface area contributed by atoms with Crippen LogP contribution in [0, 0.1) is 0 Å². The minimum atomic E-state index is -0.455. The van der Waals surface area contributed by atoms with Gasteiger partial charge in [0.15, 0.2) is 0 Å². The van der Waals surface area contributed by atoms with Crippen LogP contribution in [0.1, 0.15) is 26.5 Å². The quantitative estimate of drug-likeness (QED) is 0.274. The fraction of sp³-hybridized carbons (Fsp3) is 0.0800. The monoisotopic (exact) mass is 428 g/mol. The summed E-state index contributed by atoms with van der Waals surface area (Å²) in [4.78, 5) is 24.6. The van der Waals surface area contributed by atoms with Gasteiger partial charge < -0.3 is 13.9 Å². The number of furan rings is 1. The lowest BCUT2D eigenvalue weighted by Gasteiger charge is -2.09. The lowest BCUT2D eigenvalue weighted by Crippen LogP contribution is -2.18. The highest BCUT2D eigenvalue weighted by Gasteiger charge is 2.16.